The molecule has 0 atom stereocenters. The van der Waals surface area contributed by atoms with Crippen molar-refractivity contribution in [1.82, 2.24) is 0 Å². The maximum absolute atomic E-state index is 11.0. The quantitative estimate of drug-likeness (QED) is 0.614. The van der Waals surface area contributed by atoms with E-state index in [0.717, 1.165) is 17.4 Å². The van der Waals surface area contributed by atoms with Gasteiger partial charge in [0.2, 0.25) is 0 Å². The number of carbonyl (C=O) groups excluding carboxylic acids is 1. The second-order valence-electron chi connectivity index (χ2n) is 3.77. The van der Waals surface area contributed by atoms with Gasteiger partial charge < -0.3 is 4.74 Å². The molecule has 0 saturated heterocycles. The minimum atomic E-state index is 0.575. The van der Waals surface area contributed by atoms with Crippen LogP contribution in [0.1, 0.15) is 10.4 Å². The number of aldehydes is 1. The van der Waals surface area contributed by atoms with Gasteiger partial charge in [-0.2, -0.15) is 0 Å². The van der Waals surface area contributed by atoms with Crippen molar-refractivity contribution in [3.05, 3.63) is 48.0 Å². The number of benzene rings is 2. The Hall–Kier alpha value is -1.74. The van der Waals surface area contributed by atoms with Crippen LogP contribution in [0.25, 0.3) is 11.1 Å². The summed E-state index contributed by atoms with van der Waals surface area (Å²) in [7, 11) is 1.57. The monoisotopic (exact) mass is 258 g/mol. The zero-order chi connectivity index (χ0) is 13.0. The van der Waals surface area contributed by atoms with E-state index in [-0.39, 0.29) is 0 Å². The lowest BCUT2D eigenvalue weighted by Gasteiger charge is -2.10. The van der Waals surface area contributed by atoms with Gasteiger partial charge in [-0.15, -0.1) is 11.8 Å². The van der Waals surface area contributed by atoms with Crippen LogP contribution in [-0.2, 0) is 0 Å². The van der Waals surface area contributed by atoms with Gasteiger partial charge in [0.1, 0.15) is 5.75 Å². The third-order valence-electron chi connectivity index (χ3n) is 2.77. The van der Waals surface area contributed by atoms with Crippen molar-refractivity contribution in [2.75, 3.05) is 13.4 Å². The van der Waals surface area contributed by atoms with Crippen molar-refractivity contribution in [2.24, 2.45) is 0 Å². The van der Waals surface area contributed by atoms with Gasteiger partial charge in [-0.25, -0.2) is 0 Å². The Morgan fingerprint density at radius 3 is 2.61 bits per heavy atom. The molecule has 0 amide bonds. The molecule has 2 aromatic carbocycles. The van der Waals surface area contributed by atoms with E-state index in [2.05, 4.69) is 12.1 Å². The van der Waals surface area contributed by atoms with Gasteiger partial charge in [-0.1, -0.05) is 24.3 Å². The first-order valence-electron chi connectivity index (χ1n) is 5.56. The zero-order valence-corrected chi connectivity index (χ0v) is 11.2. The van der Waals surface area contributed by atoms with Crippen LogP contribution >= 0.6 is 11.8 Å². The van der Waals surface area contributed by atoms with E-state index in [1.165, 1.54) is 4.90 Å². The van der Waals surface area contributed by atoms with Crippen LogP contribution in [0.15, 0.2) is 47.4 Å². The average molecular weight is 258 g/mol. The molecule has 0 aliphatic heterocycles. The molecular formula is C15H14O2S. The predicted molar refractivity (Wildman–Crippen MR) is 75.6 cm³/mol. The molecule has 0 aromatic heterocycles. The number of rotatable bonds is 4. The Labute approximate surface area is 111 Å². The summed E-state index contributed by atoms with van der Waals surface area (Å²) < 4.78 is 5.15. The van der Waals surface area contributed by atoms with Crippen LogP contribution in [0.4, 0.5) is 0 Å². The van der Waals surface area contributed by atoms with Crippen LogP contribution < -0.4 is 4.74 Å². The molecule has 92 valence electrons. The van der Waals surface area contributed by atoms with E-state index < -0.39 is 0 Å². The molecule has 2 nitrogen and oxygen atoms in total. The van der Waals surface area contributed by atoms with E-state index in [4.69, 9.17) is 4.74 Å². The SMILES string of the molecule is COc1ccc(-c2ccccc2SC)cc1C=O. The van der Waals surface area contributed by atoms with Crippen molar-refractivity contribution in [3.63, 3.8) is 0 Å². The highest BCUT2D eigenvalue weighted by molar-refractivity contribution is 7.98. The smallest absolute Gasteiger partial charge is 0.153 e. The molecule has 0 saturated carbocycles. The predicted octanol–water partition coefficient (Wildman–Crippen LogP) is 3.90. The number of thioether (sulfide) groups is 1. The summed E-state index contributed by atoms with van der Waals surface area (Å²) >= 11 is 1.69. The standard InChI is InChI=1S/C15H14O2S/c1-17-14-8-7-11(9-12(14)10-16)13-5-3-4-6-15(13)18-2/h3-10H,1-2H3. The van der Waals surface area contributed by atoms with Gasteiger partial charge in [0.05, 0.1) is 12.7 Å². The van der Waals surface area contributed by atoms with Crippen molar-refractivity contribution in [2.45, 2.75) is 4.90 Å². The second-order valence-corrected chi connectivity index (χ2v) is 4.62. The Morgan fingerprint density at radius 1 is 1.17 bits per heavy atom. The van der Waals surface area contributed by atoms with Gasteiger partial charge in [0.25, 0.3) is 0 Å². The van der Waals surface area contributed by atoms with Crippen molar-refractivity contribution >= 4 is 18.0 Å². The number of ether oxygens (including phenoxy) is 1. The molecule has 18 heavy (non-hydrogen) atoms. The number of hydrogen-bond acceptors (Lipinski definition) is 3. The van der Waals surface area contributed by atoms with Crippen molar-refractivity contribution < 1.29 is 9.53 Å². The van der Waals surface area contributed by atoms with Gasteiger partial charge in [0.15, 0.2) is 6.29 Å². The lowest BCUT2D eigenvalue weighted by Crippen LogP contribution is -1.91. The molecular weight excluding hydrogens is 244 g/mol. The molecule has 3 heteroatoms. The van der Waals surface area contributed by atoms with E-state index in [1.807, 2.05) is 36.6 Å². The first-order chi connectivity index (χ1) is 8.80. The molecule has 0 unspecified atom stereocenters. The number of hydrogen-bond donors (Lipinski definition) is 0. The highest BCUT2D eigenvalue weighted by Crippen LogP contribution is 2.32. The largest absolute Gasteiger partial charge is 0.496 e. The summed E-state index contributed by atoms with van der Waals surface area (Å²) in [5.41, 5.74) is 2.74. The summed E-state index contributed by atoms with van der Waals surface area (Å²) in [4.78, 5) is 12.2. The van der Waals surface area contributed by atoms with Gasteiger partial charge in [0, 0.05) is 4.90 Å². The molecule has 0 radical (unpaired) electrons. The Kier molecular flexibility index (Phi) is 4.05. The van der Waals surface area contributed by atoms with Crippen molar-refractivity contribution in [3.8, 4) is 16.9 Å². The first kappa shape index (κ1) is 12.7. The first-order valence-corrected chi connectivity index (χ1v) is 6.79. The van der Waals surface area contributed by atoms with Crippen molar-refractivity contribution in [1.29, 1.82) is 0 Å². The third kappa shape index (κ3) is 2.41. The summed E-state index contributed by atoms with van der Waals surface area (Å²) in [6.45, 7) is 0. The van der Waals surface area contributed by atoms with Crippen LogP contribution in [0.5, 0.6) is 5.75 Å². The number of carbonyl (C=O) groups is 1. The highest BCUT2D eigenvalue weighted by Gasteiger charge is 2.07. The molecule has 2 aromatic rings. The highest BCUT2D eigenvalue weighted by atomic mass is 32.2. The molecule has 0 fully saturated rings. The Balaban J connectivity index is 2.54. The number of methoxy groups -OCH3 is 1. The molecule has 0 aliphatic carbocycles. The second kappa shape index (κ2) is 5.74. The minimum absolute atomic E-state index is 0.575. The average Bonchev–Trinajstić information content (AvgIpc) is 2.46. The lowest BCUT2D eigenvalue weighted by molar-refractivity contribution is 0.112. The summed E-state index contributed by atoms with van der Waals surface area (Å²) in [5, 5.41) is 0. The van der Waals surface area contributed by atoms with Gasteiger partial charge >= 0.3 is 0 Å². The maximum atomic E-state index is 11.0. The van der Waals surface area contributed by atoms with Crippen LogP contribution in [-0.4, -0.2) is 19.7 Å². The van der Waals surface area contributed by atoms with E-state index in [9.17, 15) is 4.79 Å². The van der Waals surface area contributed by atoms with Crippen LogP contribution in [0.2, 0.25) is 0 Å². The Morgan fingerprint density at radius 2 is 1.94 bits per heavy atom. The van der Waals surface area contributed by atoms with Gasteiger partial charge in [-0.3, -0.25) is 4.79 Å². The van der Waals surface area contributed by atoms with Crippen LogP contribution in [0, 0.1) is 0 Å². The van der Waals surface area contributed by atoms with Gasteiger partial charge in [-0.05, 0) is 35.6 Å². The van der Waals surface area contributed by atoms with E-state index in [0.29, 0.717) is 11.3 Å². The maximum Gasteiger partial charge on any atom is 0.153 e. The fourth-order valence-corrected chi connectivity index (χ4v) is 2.50. The summed E-state index contributed by atoms with van der Waals surface area (Å²) in [6.07, 6.45) is 2.87. The Bertz CT molecular complexity index is 564. The van der Waals surface area contributed by atoms with E-state index in [1.54, 1.807) is 18.9 Å². The van der Waals surface area contributed by atoms with E-state index >= 15 is 0 Å². The molecule has 0 spiro atoms. The minimum Gasteiger partial charge on any atom is -0.496 e. The molecule has 0 bridgehead atoms. The summed E-state index contributed by atoms with van der Waals surface area (Å²) in [6, 6.07) is 13.8. The summed E-state index contributed by atoms with van der Waals surface area (Å²) in [5.74, 6) is 0.607. The lowest BCUT2D eigenvalue weighted by atomic mass is 10.0. The normalized spacial score (nSPS) is 10.1. The molecule has 2 rings (SSSR count). The zero-order valence-electron chi connectivity index (χ0n) is 10.3. The third-order valence-corrected chi connectivity index (χ3v) is 3.57. The molecule has 0 aliphatic rings. The topological polar surface area (TPSA) is 26.3 Å². The molecule has 0 heterocycles. The molecule has 0 N–H and O–H groups in total. The van der Waals surface area contributed by atoms with Crippen LogP contribution in [0.3, 0.4) is 0 Å². The fraction of sp³-hybridized carbons (Fsp3) is 0.133. The fourth-order valence-electron chi connectivity index (χ4n) is 1.88.